The van der Waals surface area contributed by atoms with E-state index in [0.29, 0.717) is 12.0 Å². The number of anilines is 1. The second-order valence-electron chi connectivity index (χ2n) is 6.39. The number of para-hydroxylation sites is 1. The van der Waals surface area contributed by atoms with Gasteiger partial charge in [-0.1, -0.05) is 12.1 Å². The van der Waals surface area contributed by atoms with Crippen LogP contribution in [0.2, 0.25) is 0 Å². The minimum Gasteiger partial charge on any atom is -0.481 e. The van der Waals surface area contributed by atoms with Gasteiger partial charge in [-0.2, -0.15) is 0 Å². The first kappa shape index (κ1) is 16.3. The number of hydrogen-bond donors (Lipinski definition) is 1. The largest absolute Gasteiger partial charge is 0.481 e. The fraction of sp³-hybridized carbons (Fsp3) is 0.500. The van der Waals surface area contributed by atoms with Crippen LogP contribution >= 0.6 is 0 Å². The van der Waals surface area contributed by atoms with E-state index in [4.69, 9.17) is 9.84 Å². The zero-order valence-electron chi connectivity index (χ0n) is 12.9. The molecule has 1 N–H and O–H groups in total. The van der Waals surface area contributed by atoms with Crippen molar-refractivity contribution >= 4 is 17.7 Å². The predicted molar refractivity (Wildman–Crippen MR) is 79.6 cm³/mol. The highest BCUT2D eigenvalue weighted by Crippen LogP contribution is 2.39. The van der Waals surface area contributed by atoms with Gasteiger partial charge in [0.05, 0.1) is 12.1 Å². The van der Waals surface area contributed by atoms with Crippen LogP contribution in [0.4, 0.5) is 14.9 Å². The van der Waals surface area contributed by atoms with E-state index in [2.05, 4.69) is 0 Å². The summed E-state index contributed by atoms with van der Waals surface area (Å²) >= 11 is 0. The number of halogens is 1. The van der Waals surface area contributed by atoms with E-state index in [9.17, 15) is 14.0 Å². The summed E-state index contributed by atoms with van der Waals surface area (Å²) in [5, 5.41) is 8.99. The van der Waals surface area contributed by atoms with Crippen molar-refractivity contribution in [2.24, 2.45) is 0 Å². The van der Waals surface area contributed by atoms with Crippen LogP contribution in [-0.2, 0) is 9.53 Å². The maximum absolute atomic E-state index is 14.2. The molecular weight excluding hydrogens is 289 g/mol. The molecule has 22 heavy (non-hydrogen) atoms. The Morgan fingerprint density at radius 3 is 2.68 bits per heavy atom. The molecule has 6 heteroatoms. The van der Waals surface area contributed by atoms with Gasteiger partial charge in [0.15, 0.2) is 0 Å². The predicted octanol–water partition coefficient (Wildman–Crippen LogP) is 3.53. The molecule has 1 atom stereocenters. The van der Waals surface area contributed by atoms with Crippen molar-refractivity contribution in [2.75, 3.05) is 11.4 Å². The molecule has 0 aliphatic carbocycles. The van der Waals surface area contributed by atoms with E-state index in [0.717, 1.165) is 0 Å². The lowest BCUT2D eigenvalue weighted by molar-refractivity contribution is -0.137. The summed E-state index contributed by atoms with van der Waals surface area (Å²) in [7, 11) is 0. The zero-order valence-corrected chi connectivity index (χ0v) is 12.9. The Bertz CT molecular complexity index is 594. The summed E-state index contributed by atoms with van der Waals surface area (Å²) in [6.07, 6.45) is -0.242. The summed E-state index contributed by atoms with van der Waals surface area (Å²) < 4.78 is 19.5. The van der Waals surface area contributed by atoms with Crippen molar-refractivity contribution in [3.63, 3.8) is 0 Å². The number of rotatable bonds is 2. The number of amides is 1. The van der Waals surface area contributed by atoms with E-state index in [1.54, 1.807) is 26.8 Å². The Morgan fingerprint density at radius 1 is 1.41 bits per heavy atom. The molecule has 1 aromatic carbocycles. The van der Waals surface area contributed by atoms with Gasteiger partial charge in [-0.15, -0.1) is 0 Å². The molecule has 1 amide bonds. The van der Waals surface area contributed by atoms with Crippen molar-refractivity contribution in [1.82, 2.24) is 0 Å². The van der Waals surface area contributed by atoms with E-state index >= 15 is 0 Å². The highest BCUT2D eigenvalue weighted by atomic mass is 19.1. The number of carboxylic acid groups (broad SMARTS) is 1. The summed E-state index contributed by atoms with van der Waals surface area (Å²) in [6, 6.07) is 4.46. The topological polar surface area (TPSA) is 66.8 Å². The molecule has 1 aliphatic heterocycles. The van der Waals surface area contributed by atoms with E-state index in [1.165, 1.54) is 17.0 Å². The highest BCUT2D eigenvalue weighted by molar-refractivity contribution is 5.90. The zero-order chi connectivity index (χ0) is 16.5. The Kier molecular flexibility index (Phi) is 4.39. The van der Waals surface area contributed by atoms with Crippen LogP contribution in [0.5, 0.6) is 0 Å². The molecule has 5 nitrogen and oxygen atoms in total. The van der Waals surface area contributed by atoms with Crippen LogP contribution in [0.25, 0.3) is 0 Å². The Hall–Kier alpha value is -2.11. The Labute approximate surface area is 128 Å². The molecule has 0 fully saturated rings. The number of carboxylic acids is 1. The molecule has 0 spiro atoms. The van der Waals surface area contributed by atoms with Crippen LogP contribution < -0.4 is 4.90 Å². The summed E-state index contributed by atoms with van der Waals surface area (Å²) in [6.45, 7) is 5.46. The van der Waals surface area contributed by atoms with Gasteiger partial charge in [-0.3, -0.25) is 9.69 Å². The van der Waals surface area contributed by atoms with Gasteiger partial charge in [-0.25, -0.2) is 9.18 Å². The molecule has 1 aliphatic rings. The number of aliphatic carboxylic acids is 1. The molecule has 120 valence electrons. The van der Waals surface area contributed by atoms with E-state index < -0.39 is 23.5 Å². The third-order valence-corrected chi connectivity index (χ3v) is 3.46. The molecular formula is C16H20FNO4. The maximum Gasteiger partial charge on any atom is 0.414 e. The smallest absolute Gasteiger partial charge is 0.414 e. The van der Waals surface area contributed by atoms with Crippen LogP contribution in [0.1, 0.15) is 45.1 Å². The fourth-order valence-electron chi connectivity index (χ4n) is 2.62. The van der Waals surface area contributed by atoms with Gasteiger partial charge in [-0.05, 0) is 44.7 Å². The van der Waals surface area contributed by atoms with Crippen LogP contribution in [0.15, 0.2) is 18.2 Å². The van der Waals surface area contributed by atoms with Crippen LogP contribution in [-0.4, -0.2) is 29.3 Å². The molecule has 0 saturated carbocycles. The van der Waals surface area contributed by atoms with E-state index in [1.807, 2.05) is 0 Å². The number of nitrogens with zero attached hydrogens (tertiary/aromatic N) is 1. The Morgan fingerprint density at radius 2 is 2.09 bits per heavy atom. The van der Waals surface area contributed by atoms with Crippen molar-refractivity contribution in [2.45, 2.75) is 45.1 Å². The summed E-state index contributed by atoms with van der Waals surface area (Å²) in [5.41, 5.74) is -0.00537. The molecule has 1 heterocycles. The lowest BCUT2D eigenvalue weighted by Gasteiger charge is -2.35. The number of carbonyl (C=O) groups excluding carboxylic acids is 1. The average molecular weight is 309 g/mol. The number of carbonyl (C=O) groups is 2. The first-order chi connectivity index (χ1) is 10.2. The lowest BCUT2D eigenvalue weighted by atomic mass is 9.87. The molecule has 2 rings (SSSR count). The number of hydrogen-bond acceptors (Lipinski definition) is 3. The molecule has 0 radical (unpaired) electrons. The number of ether oxygens (including phenoxy) is 1. The van der Waals surface area contributed by atoms with Crippen LogP contribution in [0, 0.1) is 5.82 Å². The quantitative estimate of drug-likeness (QED) is 0.907. The van der Waals surface area contributed by atoms with Crippen molar-refractivity contribution < 1.29 is 23.8 Å². The first-order valence-corrected chi connectivity index (χ1v) is 7.20. The monoisotopic (exact) mass is 309 g/mol. The number of benzene rings is 1. The second-order valence-corrected chi connectivity index (χ2v) is 6.39. The summed E-state index contributed by atoms with van der Waals surface area (Å²) in [5.74, 6) is -1.79. The van der Waals surface area contributed by atoms with Crippen LogP contribution in [0.3, 0.4) is 0 Å². The molecule has 0 bridgehead atoms. The minimum absolute atomic E-state index is 0.0847. The van der Waals surface area contributed by atoms with Gasteiger partial charge >= 0.3 is 12.1 Å². The van der Waals surface area contributed by atoms with E-state index in [-0.39, 0.29) is 24.6 Å². The third-order valence-electron chi connectivity index (χ3n) is 3.46. The molecule has 1 unspecified atom stereocenters. The molecule has 1 aromatic rings. The Balaban J connectivity index is 2.36. The fourth-order valence-corrected chi connectivity index (χ4v) is 2.62. The number of fused-ring (bicyclic) bond motifs is 1. The SMILES string of the molecule is CC(C)(C)OC(=O)N1CCC(CC(=O)O)c2cccc(F)c21. The third kappa shape index (κ3) is 3.55. The lowest BCUT2D eigenvalue weighted by Crippen LogP contribution is -2.41. The standard InChI is InChI=1S/C16H20FNO4/c1-16(2,3)22-15(21)18-8-7-10(9-13(19)20)11-5-4-6-12(17)14(11)18/h4-6,10H,7-9H2,1-3H3,(H,19,20). The normalized spacial score (nSPS) is 17.8. The van der Waals surface area contributed by atoms with Gasteiger partial charge < -0.3 is 9.84 Å². The van der Waals surface area contributed by atoms with Gasteiger partial charge in [0, 0.05) is 6.54 Å². The first-order valence-electron chi connectivity index (χ1n) is 7.20. The van der Waals surface area contributed by atoms with Crippen molar-refractivity contribution in [3.05, 3.63) is 29.6 Å². The van der Waals surface area contributed by atoms with Crippen molar-refractivity contribution in [1.29, 1.82) is 0 Å². The second kappa shape index (κ2) is 5.94. The average Bonchev–Trinajstić information content (AvgIpc) is 2.37. The minimum atomic E-state index is -0.939. The summed E-state index contributed by atoms with van der Waals surface area (Å²) in [4.78, 5) is 24.5. The van der Waals surface area contributed by atoms with Gasteiger partial charge in [0.1, 0.15) is 11.4 Å². The molecule has 0 aromatic heterocycles. The highest BCUT2D eigenvalue weighted by Gasteiger charge is 2.34. The van der Waals surface area contributed by atoms with Crippen molar-refractivity contribution in [3.8, 4) is 0 Å². The maximum atomic E-state index is 14.2. The molecule has 0 saturated heterocycles. The van der Waals surface area contributed by atoms with Gasteiger partial charge in [0.2, 0.25) is 0 Å². The van der Waals surface area contributed by atoms with Gasteiger partial charge in [0.25, 0.3) is 0 Å².